The number of nitrogens with one attached hydrogen (secondary N) is 1. The van der Waals surface area contributed by atoms with E-state index in [-0.39, 0.29) is 17.4 Å². The second-order valence-corrected chi connectivity index (χ2v) is 6.82. The number of benzene rings is 1. The van der Waals surface area contributed by atoms with Gasteiger partial charge in [-0.15, -0.1) is 0 Å². The van der Waals surface area contributed by atoms with Crippen molar-refractivity contribution in [1.29, 1.82) is 0 Å². The van der Waals surface area contributed by atoms with Crippen LogP contribution in [0.1, 0.15) is 44.2 Å². The van der Waals surface area contributed by atoms with Gasteiger partial charge in [0.2, 0.25) is 5.91 Å². The lowest BCUT2D eigenvalue weighted by atomic mass is 9.87. The van der Waals surface area contributed by atoms with Gasteiger partial charge in [0, 0.05) is 22.9 Å². The zero-order valence-electron chi connectivity index (χ0n) is 12.4. The fourth-order valence-electron chi connectivity index (χ4n) is 2.72. The van der Waals surface area contributed by atoms with Crippen molar-refractivity contribution in [2.24, 2.45) is 0 Å². The third-order valence-electron chi connectivity index (χ3n) is 3.73. The van der Waals surface area contributed by atoms with Crippen molar-refractivity contribution in [2.45, 2.75) is 38.6 Å². The van der Waals surface area contributed by atoms with Crippen molar-refractivity contribution >= 4 is 23.3 Å². The van der Waals surface area contributed by atoms with Crippen molar-refractivity contribution in [2.75, 3.05) is 5.32 Å². The molecule has 1 aromatic carbocycles. The lowest BCUT2D eigenvalue weighted by molar-refractivity contribution is -0.116. The zero-order valence-corrected chi connectivity index (χ0v) is 13.1. The summed E-state index contributed by atoms with van der Waals surface area (Å²) in [5.41, 5.74) is 1.97. The van der Waals surface area contributed by atoms with Crippen LogP contribution in [0.2, 0.25) is 5.02 Å². The van der Waals surface area contributed by atoms with E-state index in [9.17, 15) is 4.79 Å². The predicted octanol–water partition coefficient (Wildman–Crippen LogP) is 3.77. The Kier molecular flexibility index (Phi) is 3.29. The Morgan fingerprint density at radius 1 is 1.29 bits per heavy atom. The smallest absolute Gasteiger partial charge is 0.226 e. The minimum atomic E-state index is -0.178. The monoisotopic (exact) mass is 303 g/mol. The zero-order chi connectivity index (χ0) is 15.2. The molecule has 0 spiro atoms. The topological polar surface area (TPSA) is 46.9 Å². The molecule has 4 nitrogen and oxygen atoms in total. The van der Waals surface area contributed by atoms with Gasteiger partial charge in [-0.1, -0.05) is 23.7 Å². The second kappa shape index (κ2) is 4.88. The molecule has 1 aliphatic heterocycles. The van der Waals surface area contributed by atoms with Crippen LogP contribution in [0.4, 0.5) is 5.82 Å². The van der Waals surface area contributed by atoms with Crippen molar-refractivity contribution in [1.82, 2.24) is 9.78 Å². The summed E-state index contributed by atoms with van der Waals surface area (Å²) in [6, 6.07) is 7.67. The standard InChI is InChI=1S/C16H18ClN3O/c1-16(2,3)20-15-13(9-18-20)12(8-14(21)19-15)10-4-6-11(17)7-5-10/h4-7,9,12H,8H2,1-3H3,(H,19,21)/t12-/m0/s1. The van der Waals surface area contributed by atoms with Crippen LogP contribution < -0.4 is 5.32 Å². The summed E-state index contributed by atoms with van der Waals surface area (Å²) < 4.78 is 1.88. The van der Waals surface area contributed by atoms with Gasteiger partial charge in [0.25, 0.3) is 0 Å². The van der Waals surface area contributed by atoms with Gasteiger partial charge in [-0.3, -0.25) is 4.79 Å². The highest BCUT2D eigenvalue weighted by Gasteiger charge is 2.32. The highest BCUT2D eigenvalue weighted by molar-refractivity contribution is 6.30. The Bertz CT molecular complexity index is 683. The first-order chi connectivity index (χ1) is 9.86. The molecule has 1 atom stereocenters. The van der Waals surface area contributed by atoms with Crippen LogP contribution in [-0.4, -0.2) is 15.7 Å². The Labute approximate surface area is 129 Å². The van der Waals surface area contributed by atoms with Crippen LogP contribution in [0.3, 0.4) is 0 Å². The van der Waals surface area contributed by atoms with Gasteiger partial charge < -0.3 is 5.32 Å². The summed E-state index contributed by atoms with van der Waals surface area (Å²) in [7, 11) is 0. The lowest BCUT2D eigenvalue weighted by Gasteiger charge is -2.28. The Hall–Kier alpha value is -1.81. The number of nitrogens with zero attached hydrogens (tertiary/aromatic N) is 2. The molecule has 1 amide bonds. The van der Waals surface area contributed by atoms with Gasteiger partial charge in [-0.25, -0.2) is 4.68 Å². The van der Waals surface area contributed by atoms with Crippen molar-refractivity contribution in [3.63, 3.8) is 0 Å². The van der Waals surface area contributed by atoms with E-state index >= 15 is 0 Å². The predicted molar refractivity (Wildman–Crippen MR) is 83.8 cm³/mol. The highest BCUT2D eigenvalue weighted by atomic mass is 35.5. The number of hydrogen-bond acceptors (Lipinski definition) is 2. The number of hydrogen-bond donors (Lipinski definition) is 1. The minimum Gasteiger partial charge on any atom is -0.311 e. The van der Waals surface area contributed by atoms with E-state index in [0.29, 0.717) is 11.4 Å². The molecule has 21 heavy (non-hydrogen) atoms. The van der Waals surface area contributed by atoms with Gasteiger partial charge in [-0.2, -0.15) is 5.10 Å². The number of halogens is 1. The van der Waals surface area contributed by atoms with Gasteiger partial charge in [0.15, 0.2) is 0 Å². The molecule has 0 unspecified atom stereocenters. The van der Waals surface area contributed by atoms with E-state index in [0.717, 1.165) is 16.9 Å². The summed E-state index contributed by atoms with van der Waals surface area (Å²) in [5, 5.41) is 8.13. The molecule has 5 heteroatoms. The molecule has 2 heterocycles. The van der Waals surface area contributed by atoms with Crippen LogP contribution >= 0.6 is 11.6 Å². The number of fused-ring (bicyclic) bond motifs is 1. The third kappa shape index (κ3) is 2.56. The molecule has 1 aromatic heterocycles. The highest BCUT2D eigenvalue weighted by Crippen LogP contribution is 2.38. The van der Waals surface area contributed by atoms with E-state index in [1.165, 1.54) is 0 Å². The normalized spacial score (nSPS) is 18.3. The first-order valence-electron chi connectivity index (χ1n) is 7.00. The quantitative estimate of drug-likeness (QED) is 0.872. The number of amides is 1. The molecule has 0 saturated carbocycles. The average molecular weight is 304 g/mol. The number of aromatic nitrogens is 2. The maximum Gasteiger partial charge on any atom is 0.226 e. The summed E-state index contributed by atoms with van der Waals surface area (Å²) in [4.78, 5) is 12.1. The molecule has 110 valence electrons. The van der Waals surface area contributed by atoms with E-state index in [1.54, 1.807) is 0 Å². The Morgan fingerprint density at radius 2 is 1.95 bits per heavy atom. The van der Waals surface area contributed by atoms with Crippen molar-refractivity contribution in [3.8, 4) is 0 Å². The number of carbonyl (C=O) groups excluding carboxylic acids is 1. The summed E-state index contributed by atoms with van der Waals surface area (Å²) >= 11 is 5.95. The maximum atomic E-state index is 12.1. The summed E-state index contributed by atoms with van der Waals surface area (Å²) in [6.07, 6.45) is 2.30. The molecule has 0 radical (unpaired) electrons. The largest absolute Gasteiger partial charge is 0.311 e. The van der Waals surface area contributed by atoms with E-state index in [4.69, 9.17) is 11.6 Å². The van der Waals surface area contributed by atoms with Crippen LogP contribution in [0.25, 0.3) is 0 Å². The van der Waals surface area contributed by atoms with Crippen LogP contribution in [0, 0.1) is 0 Å². The maximum absolute atomic E-state index is 12.1. The summed E-state index contributed by atoms with van der Waals surface area (Å²) in [5.74, 6) is 0.856. The van der Waals surface area contributed by atoms with Crippen molar-refractivity contribution < 1.29 is 4.79 Å². The second-order valence-electron chi connectivity index (χ2n) is 6.39. The van der Waals surface area contributed by atoms with Crippen molar-refractivity contribution in [3.05, 3.63) is 46.6 Å². The molecular formula is C16H18ClN3O. The molecule has 0 fully saturated rings. The van der Waals surface area contributed by atoms with Gasteiger partial charge in [0.1, 0.15) is 5.82 Å². The molecule has 1 aliphatic rings. The fraction of sp³-hybridized carbons (Fsp3) is 0.375. The number of rotatable bonds is 1. The molecule has 0 bridgehead atoms. The number of anilines is 1. The van der Waals surface area contributed by atoms with E-state index in [2.05, 4.69) is 31.2 Å². The Balaban J connectivity index is 2.09. The third-order valence-corrected chi connectivity index (χ3v) is 3.98. The summed E-state index contributed by atoms with van der Waals surface area (Å²) in [6.45, 7) is 6.20. The minimum absolute atomic E-state index is 0.0217. The molecule has 1 N–H and O–H groups in total. The average Bonchev–Trinajstić information content (AvgIpc) is 2.82. The molecule has 3 rings (SSSR count). The lowest BCUT2D eigenvalue weighted by Crippen LogP contribution is -2.30. The Morgan fingerprint density at radius 3 is 2.57 bits per heavy atom. The van der Waals surface area contributed by atoms with Crippen LogP contribution in [0.5, 0.6) is 0 Å². The first-order valence-corrected chi connectivity index (χ1v) is 7.38. The SMILES string of the molecule is CC(C)(C)n1ncc2c1NC(=O)C[C@H]2c1ccc(Cl)cc1. The molecule has 0 aliphatic carbocycles. The molecule has 0 saturated heterocycles. The van der Waals surface area contributed by atoms with Gasteiger partial charge in [-0.05, 0) is 38.5 Å². The van der Waals surface area contributed by atoms with Gasteiger partial charge >= 0.3 is 0 Å². The first kappa shape index (κ1) is 14.1. The molecule has 2 aromatic rings. The fourth-order valence-corrected chi connectivity index (χ4v) is 2.85. The van der Waals surface area contributed by atoms with E-state index < -0.39 is 0 Å². The van der Waals surface area contributed by atoms with Gasteiger partial charge in [0.05, 0.1) is 11.7 Å². The van der Waals surface area contributed by atoms with E-state index in [1.807, 2.05) is 35.1 Å². The molecular weight excluding hydrogens is 286 g/mol. The van der Waals surface area contributed by atoms with Crippen LogP contribution in [0.15, 0.2) is 30.5 Å². The number of carbonyl (C=O) groups is 1. The van der Waals surface area contributed by atoms with Crippen LogP contribution in [-0.2, 0) is 10.3 Å².